The van der Waals surface area contributed by atoms with Crippen LogP contribution in [-0.2, 0) is 15.8 Å². The van der Waals surface area contributed by atoms with Crippen LogP contribution in [0.3, 0.4) is 0 Å². The third-order valence-electron chi connectivity index (χ3n) is 14.8. The molecule has 2 aromatic heterocycles. The van der Waals surface area contributed by atoms with Crippen molar-refractivity contribution < 1.29 is 32.6 Å². The van der Waals surface area contributed by atoms with Crippen molar-refractivity contribution in [3.8, 4) is 16.2 Å². The highest BCUT2D eigenvalue weighted by molar-refractivity contribution is 7.13. The Morgan fingerprint density at radius 3 is 2.37 bits per heavy atom. The number of aromatic nitrogens is 3. The first kappa shape index (κ1) is 53.8. The molecule has 0 spiro atoms. The maximum Gasteiger partial charge on any atom is 0.416 e. The summed E-state index contributed by atoms with van der Waals surface area (Å²) in [6.45, 7) is 15.8. The van der Waals surface area contributed by atoms with Crippen molar-refractivity contribution in [3.05, 3.63) is 99.9 Å². The summed E-state index contributed by atoms with van der Waals surface area (Å²) in [6.07, 6.45) is 3.44. The molecule has 0 aliphatic carbocycles. The van der Waals surface area contributed by atoms with Crippen molar-refractivity contribution >= 4 is 39.7 Å². The number of halogens is 3. The zero-order chi connectivity index (χ0) is 51.3. The molecule has 4 heterocycles. The first-order valence-corrected chi connectivity index (χ1v) is 26.2. The number of nitrogens with one attached hydrogen (secondary N) is 2. The number of carbonyl (C=O) groups is 2. The lowest BCUT2D eigenvalue weighted by Crippen LogP contribution is -2.66. The Labute approximate surface area is 421 Å². The molecule has 16 heteroatoms. The van der Waals surface area contributed by atoms with Crippen LogP contribution in [0, 0.1) is 19.3 Å². The van der Waals surface area contributed by atoms with Crippen LogP contribution in [0.2, 0.25) is 0 Å². The number of amides is 1. The Balaban J connectivity index is 1.11. The van der Waals surface area contributed by atoms with Crippen molar-refractivity contribution in [3.63, 3.8) is 0 Å². The first-order chi connectivity index (χ1) is 33.8. The van der Waals surface area contributed by atoms with Crippen LogP contribution >= 0.6 is 11.3 Å². The van der Waals surface area contributed by atoms with E-state index in [1.54, 1.807) is 31.4 Å². The first-order valence-electron chi connectivity index (χ1n) is 25.3. The van der Waals surface area contributed by atoms with Gasteiger partial charge in [0.25, 0.3) is 0 Å². The van der Waals surface area contributed by atoms with Crippen molar-refractivity contribution in [2.45, 2.75) is 155 Å². The smallest absolute Gasteiger partial charge is 0.416 e. The van der Waals surface area contributed by atoms with E-state index in [9.17, 15) is 23.1 Å². The number of piperidine rings is 1. The SMILES string of the molecule is COc1cc2nc(C)nc(N[C@H](C)c3cccc(C(F)(F)F)c3)c2cc1[C@@H]1CCCCN1[C@@H](CCCCO)CCCN[C@H](C(=O)[C@]1(C(N)=O)CCCN1[C@@H](C)c1ccc(-c2scnc2C)cc1)C(C)(C)C. The predicted octanol–water partition coefficient (Wildman–Crippen LogP) is 11.1. The van der Waals surface area contributed by atoms with Gasteiger partial charge in [0.05, 0.1) is 40.3 Å². The molecule has 6 atom stereocenters. The number of unbranched alkanes of at least 4 members (excludes halogenated alkanes) is 1. The molecule has 7 rings (SSSR count). The second kappa shape index (κ2) is 22.8. The third kappa shape index (κ3) is 11.9. The predicted molar refractivity (Wildman–Crippen MR) is 276 cm³/mol. The van der Waals surface area contributed by atoms with Gasteiger partial charge < -0.3 is 26.2 Å². The fourth-order valence-electron chi connectivity index (χ4n) is 11.1. The van der Waals surface area contributed by atoms with Gasteiger partial charge in [-0.15, -0.1) is 11.3 Å². The number of methoxy groups -OCH3 is 1. The number of nitrogens with zero attached hydrogens (tertiary/aromatic N) is 5. The van der Waals surface area contributed by atoms with Crippen molar-refractivity contribution in [1.29, 1.82) is 0 Å². The molecule has 5 N–H and O–H groups in total. The van der Waals surface area contributed by atoms with Gasteiger partial charge in [0.2, 0.25) is 5.91 Å². The highest BCUT2D eigenvalue weighted by Crippen LogP contribution is 2.44. The summed E-state index contributed by atoms with van der Waals surface area (Å²) in [5.41, 5.74) is 10.7. The summed E-state index contributed by atoms with van der Waals surface area (Å²) in [6, 6.07) is 16.4. The topological polar surface area (TPSA) is 159 Å². The number of aliphatic hydroxyl groups is 1. The number of carbonyl (C=O) groups excluding carboxylic acids is 2. The van der Waals surface area contributed by atoms with E-state index >= 15 is 4.79 Å². The molecule has 384 valence electrons. The molecule has 3 aromatic carbocycles. The number of likely N-dealkylation sites (tertiary alicyclic amines) is 2. The summed E-state index contributed by atoms with van der Waals surface area (Å²) < 4.78 is 47.2. The number of ether oxygens (including phenoxy) is 1. The molecule has 5 aromatic rings. The maximum absolute atomic E-state index is 15.2. The van der Waals surface area contributed by atoms with Gasteiger partial charge >= 0.3 is 6.18 Å². The largest absolute Gasteiger partial charge is 0.496 e. The standard InChI is InChI=1S/C55H73F3N8O4S/c1-34(40-16-13-17-41(30-40)55(56,57)58)62-51-43-31-44(47(70-8)32-45(43)63-37(4)64-51)46-20-9-11-27-65(46)42(18-10-12-29-67)19-14-26-60-49(53(5,6)7)50(68)54(52(59)69)25-15-28-66(54)36(3)38-21-23-39(24-22-38)48-35(2)61-33-71-48/h13,16-17,21-24,30-34,36,42,46,49,60,67H,9-12,14-15,18-20,25-29H2,1-8H3,(H2,59,69)(H,62,63,64)/t34-,36+,42+,46+,49-,54+/m1/s1. The number of benzene rings is 3. The zero-order valence-corrected chi connectivity index (χ0v) is 43.5. The van der Waals surface area contributed by atoms with E-state index in [-0.39, 0.29) is 30.5 Å². The van der Waals surface area contributed by atoms with Gasteiger partial charge in [-0.05, 0) is 139 Å². The number of anilines is 1. The minimum Gasteiger partial charge on any atom is -0.496 e. The number of hydrogen-bond acceptors (Lipinski definition) is 12. The molecule has 0 unspecified atom stereocenters. The van der Waals surface area contributed by atoms with Gasteiger partial charge in [0, 0.05) is 54.3 Å². The van der Waals surface area contributed by atoms with E-state index < -0.39 is 40.7 Å². The molecule has 0 saturated carbocycles. The number of ketones is 1. The van der Waals surface area contributed by atoms with E-state index in [1.165, 1.54) is 12.1 Å². The normalized spacial score (nSPS) is 19.9. The molecule has 12 nitrogen and oxygen atoms in total. The van der Waals surface area contributed by atoms with Gasteiger partial charge in [-0.25, -0.2) is 15.0 Å². The molecule has 71 heavy (non-hydrogen) atoms. The second-order valence-electron chi connectivity index (χ2n) is 20.7. The number of rotatable bonds is 21. The number of thiazole rings is 1. The molecule has 2 aliphatic rings. The molecular formula is C55H73F3N8O4S. The van der Waals surface area contributed by atoms with Crippen LogP contribution in [0.1, 0.15) is 151 Å². The van der Waals surface area contributed by atoms with Gasteiger partial charge in [-0.2, -0.15) is 13.2 Å². The summed E-state index contributed by atoms with van der Waals surface area (Å²) in [7, 11) is 1.66. The third-order valence-corrected chi connectivity index (χ3v) is 15.8. The minimum atomic E-state index is -4.46. The number of aliphatic hydroxyl groups excluding tert-OH is 1. The lowest BCUT2D eigenvalue weighted by atomic mass is 9.75. The number of hydrogen-bond donors (Lipinski definition) is 4. The Bertz CT molecular complexity index is 2620. The average molecular weight is 999 g/mol. The minimum absolute atomic E-state index is 0.0204. The van der Waals surface area contributed by atoms with Crippen LogP contribution < -0.4 is 21.1 Å². The average Bonchev–Trinajstić information content (AvgIpc) is 3.99. The molecule has 0 bridgehead atoms. The fraction of sp³-hybridized carbons (Fsp3) is 0.545. The van der Waals surface area contributed by atoms with Crippen LogP contribution in [0.25, 0.3) is 21.3 Å². The molecule has 1 amide bonds. The number of Topliss-reactive ketones (excluding diaryl/α,β-unsaturated/α-hetero) is 1. The Morgan fingerprint density at radius 2 is 1.70 bits per heavy atom. The van der Waals surface area contributed by atoms with E-state index in [0.717, 1.165) is 90.2 Å². The number of primary amides is 1. The molecule has 2 fully saturated rings. The fourth-order valence-corrected chi connectivity index (χ4v) is 11.9. The van der Waals surface area contributed by atoms with E-state index in [0.29, 0.717) is 60.8 Å². The lowest BCUT2D eigenvalue weighted by Gasteiger charge is -2.43. The Morgan fingerprint density at radius 1 is 0.958 bits per heavy atom. The van der Waals surface area contributed by atoms with Crippen LogP contribution in [0.4, 0.5) is 19.0 Å². The molecule has 0 radical (unpaired) electrons. The number of aryl methyl sites for hydroxylation is 2. The maximum atomic E-state index is 15.2. The highest BCUT2D eigenvalue weighted by Gasteiger charge is 2.57. The summed E-state index contributed by atoms with van der Waals surface area (Å²) in [5, 5.41) is 17.7. The summed E-state index contributed by atoms with van der Waals surface area (Å²) >= 11 is 1.60. The van der Waals surface area contributed by atoms with Crippen LogP contribution in [-0.4, -0.2) is 92.5 Å². The summed E-state index contributed by atoms with van der Waals surface area (Å²) in [5.74, 6) is 0.951. The highest BCUT2D eigenvalue weighted by atomic mass is 32.1. The molecule has 2 aliphatic heterocycles. The van der Waals surface area contributed by atoms with E-state index in [1.807, 2.05) is 51.1 Å². The van der Waals surface area contributed by atoms with Crippen LogP contribution in [0.15, 0.2) is 66.2 Å². The van der Waals surface area contributed by atoms with Crippen molar-refractivity contribution in [2.24, 2.45) is 11.1 Å². The van der Waals surface area contributed by atoms with E-state index in [4.69, 9.17) is 20.4 Å². The van der Waals surface area contributed by atoms with Gasteiger partial charge in [-0.3, -0.25) is 19.4 Å². The Hall–Kier alpha value is -5.00. The van der Waals surface area contributed by atoms with Crippen LogP contribution in [0.5, 0.6) is 5.75 Å². The number of nitrogens with two attached hydrogens (primary N) is 1. The zero-order valence-electron chi connectivity index (χ0n) is 42.7. The molecule has 2 saturated heterocycles. The number of fused-ring (bicyclic) bond motifs is 1. The van der Waals surface area contributed by atoms with Gasteiger partial charge in [0.1, 0.15) is 17.4 Å². The number of alkyl halides is 3. The summed E-state index contributed by atoms with van der Waals surface area (Å²) in [4.78, 5) is 48.6. The quantitative estimate of drug-likeness (QED) is 0.0409. The Kier molecular flexibility index (Phi) is 17.3. The lowest BCUT2D eigenvalue weighted by molar-refractivity contribution is -0.146. The van der Waals surface area contributed by atoms with Gasteiger partial charge in [-0.1, -0.05) is 63.6 Å². The van der Waals surface area contributed by atoms with Gasteiger partial charge in [0.15, 0.2) is 11.3 Å². The van der Waals surface area contributed by atoms with Crippen molar-refractivity contribution in [2.75, 3.05) is 38.7 Å². The van der Waals surface area contributed by atoms with Crippen molar-refractivity contribution in [1.82, 2.24) is 30.1 Å². The monoisotopic (exact) mass is 999 g/mol. The molecular weight excluding hydrogens is 926 g/mol. The van der Waals surface area contributed by atoms with E-state index in [2.05, 4.69) is 57.8 Å². The second-order valence-corrected chi connectivity index (χ2v) is 21.5.